The minimum absolute atomic E-state index is 0.0547. The van der Waals surface area contributed by atoms with E-state index in [0.717, 1.165) is 4.90 Å². The van der Waals surface area contributed by atoms with Crippen molar-refractivity contribution in [3.8, 4) is 0 Å². The molecule has 1 atom stereocenters. The number of carbonyl (C=O) groups excluding carboxylic acids is 3. The van der Waals surface area contributed by atoms with E-state index in [4.69, 9.17) is 11.6 Å². The van der Waals surface area contributed by atoms with E-state index in [-0.39, 0.29) is 37.1 Å². The number of rotatable bonds is 5. The number of halogens is 1. The average Bonchev–Trinajstić information content (AvgIpc) is 2.48. The SMILES string of the molecule is CN(C)C(=O)CCNC(=O)CC1Sc2ccc(Cl)cc2NC1=O. The third kappa shape index (κ3) is 4.87. The van der Waals surface area contributed by atoms with E-state index in [0.29, 0.717) is 10.7 Å². The molecular weight excluding hydrogens is 338 g/mol. The number of thioether (sulfide) groups is 1. The third-order valence-electron chi connectivity index (χ3n) is 3.29. The van der Waals surface area contributed by atoms with Crippen LogP contribution < -0.4 is 10.6 Å². The van der Waals surface area contributed by atoms with Crippen LogP contribution in [0.5, 0.6) is 0 Å². The highest BCUT2D eigenvalue weighted by Gasteiger charge is 2.29. The van der Waals surface area contributed by atoms with Gasteiger partial charge in [-0.15, -0.1) is 11.8 Å². The monoisotopic (exact) mass is 355 g/mol. The molecule has 1 aromatic carbocycles. The molecule has 23 heavy (non-hydrogen) atoms. The number of benzene rings is 1. The Morgan fingerprint density at radius 2 is 2.13 bits per heavy atom. The molecule has 1 heterocycles. The highest BCUT2D eigenvalue weighted by Crippen LogP contribution is 2.38. The molecule has 0 saturated heterocycles. The van der Waals surface area contributed by atoms with E-state index < -0.39 is 5.25 Å². The molecule has 0 aliphatic carbocycles. The molecule has 0 bridgehead atoms. The van der Waals surface area contributed by atoms with Crippen LogP contribution in [0.2, 0.25) is 5.02 Å². The fourth-order valence-corrected chi connectivity index (χ4v) is 3.29. The number of hydrogen-bond donors (Lipinski definition) is 2. The van der Waals surface area contributed by atoms with E-state index in [1.165, 1.54) is 16.7 Å². The number of fused-ring (bicyclic) bond motifs is 1. The number of nitrogens with zero attached hydrogens (tertiary/aromatic N) is 1. The van der Waals surface area contributed by atoms with Gasteiger partial charge in [-0.25, -0.2) is 0 Å². The van der Waals surface area contributed by atoms with Crippen molar-refractivity contribution in [3.05, 3.63) is 23.2 Å². The molecule has 3 amide bonds. The highest BCUT2D eigenvalue weighted by molar-refractivity contribution is 8.01. The maximum absolute atomic E-state index is 12.1. The number of carbonyl (C=O) groups is 3. The van der Waals surface area contributed by atoms with Crippen molar-refractivity contribution in [1.29, 1.82) is 0 Å². The van der Waals surface area contributed by atoms with Crippen LogP contribution in [-0.4, -0.2) is 48.5 Å². The molecule has 0 aromatic heterocycles. The second-order valence-electron chi connectivity index (χ2n) is 5.33. The van der Waals surface area contributed by atoms with E-state index in [9.17, 15) is 14.4 Å². The van der Waals surface area contributed by atoms with Gasteiger partial charge < -0.3 is 15.5 Å². The lowest BCUT2D eigenvalue weighted by Gasteiger charge is -2.23. The number of anilines is 1. The fraction of sp³-hybridized carbons (Fsp3) is 0.400. The zero-order valence-electron chi connectivity index (χ0n) is 12.9. The summed E-state index contributed by atoms with van der Waals surface area (Å²) in [5.41, 5.74) is 0.667. The summed E-state index contributed by atoms with van der Waals surface area (Å²) < 4.78 is 0. The van der Waals surface area contributed by atoms with Crippen LogP contribution in [0.1, 0.15) is 12.8 Å². The molecule has 0 fully saturated rings. The second kappa shape index (κ2) is 7.70. The molecule has 8 heteroatoms. The molecular formula is C15H18ClN3O3S. The number of amides is 3. The van der Waals surface area contributed by atoms with Crippen molar-refractivity contribution in [2.45, 2.75) is 23.0 Å². The second-order valence-corrected chi connectivity index (χ2v) is 7.01. The number of hydrogen-bond acceptors (Lipinski definition) is 4. The van der Waals surface area contributed by atoms with Gasteiger partial charge in [0.05, 0.1) is 10.9 Å². The van der Waals surface area contributed by atoms with Crippen LogP contribution in [0, 0.1) is 0 Å². The predicted octanol–water partition coefficient (Wildman–Crippen LogP) is 1.74. The molecule has 124 valence electrons. The lowest BCUT2D eigenvalue weighted by Crippen LogP contribution is -2.36. The Hall–Kier alpha value is -1.73. The maximum atomic E-state index is 12.1. The molecule has 1 aromatic rings. The zero-order chi connectivity index (χ0) is 17.0. The molecule has 0 spiro atoms. The lowest BCUT2D eigenvalue weighted by molar-refractivity contribution is -0.129. The Labute approximate surface area is 143 Å². The van der Waals surface area contributed by atoms with E-state index in [1.807, 2.05) is 6.07 Å². The van der Waals surface area contributed by atoms with Gasteiger partial charge >= 0.3 is 0 Å². The number of nitrogens with one attached hydrogen (secondary N) is 2. The minimum Gasteiger partial charge on any atom is -0.356 e. The van der Waals surface area contributed by atoms with Crippen LogP contribution in [0.25, 0.3) is 0 Å². The molecule has 1 aliphatic heterocycles. The first kappa shape index (κ1) is 17.6. The Morgan fingerprint density at radius 1 is 1.39 bits per heavy atom. The first-order chi connectivity index (χ1) is 10.9. The predicted molar refractivity (Wildman–Crippen MR) is 90.7 cm³/mol. The lowest BCUT2D eigenvalue weighted by atomic mass is 10.2. The van der Waals surface area contributed by atoms with Gasteiger partial charge in [0, 0.05) is 43.4 Å². The smallest absolute Gasteiger partial charge is 0.238 e. The molecule has 1 aliphatic rings. The molecule has 2 N–H and O–H groups in total. The summed E-state index contributed by atoms with van der Waals surface area (Å²) in [6.45, 7) is 0.265. The van der Waals surface area contributed by atoms with Crippen LogP contribution in [-0.2, 0) is 14.4 Å². The van der Waals surface area contributed by atoms with Gasteiger partial charge in [0.15, 0.2) is 0 Å². The van der Waals surface area contributed by atoms with Gasteiger partial charge in [-0.1, -0.05) is 11.6 Å². The molecule has 0 radical (unpaired) electrons. The minimum atomic E-state index is -0.492. The largest absolute Gasteiger partial charge is 0.356 e. The van der Waals surface area contributed by atoms with E-state index >= 15 is 0 Å². The van der Waals surface area contributed by atoms with Crippen LogP contribution >= 0.6 is 23.4 Å². The summed E-state index contributed by atoms with van der Waals surface area (Å²) in [7, 11) is 3.33. The molecule has 0 saturated carbocycles. The summed E-state index contributed by atoms with van der Waals surface area (Å²) in [5, 5.41) is 5.48. The fourth-order valence-electron chi connectivity index (χ4n) is 2.03. The van der Waals surface area contributed by atoms with Crippen molar-refractivity contribution in [1.82, 2.24) is 10.2 Å². The highest BCUT2D eigenvalue weighted by atomic mass is 35.5. The van der Waals surface area contributed by atoms with Crippen molar-refractivity contribution in [2.75, 3.05) is 26.0 Å². The van der Waals surface area contributed by atoms with Gasteiger partial charge in [-0.05, 0) is 18.2 Å². The standard InChI is InChI=1S/C15H18ClN3O3S/c1-19(2)14(21)5-6-17-13(20)8-12-15(22)18-10-7-9(16)3-4-11(10)23-12/h3-4,7,12H,5-6,8H2,1-2H3,(H,17,20)(H,18,22). The Balaban J connectivity index is 1.86. The Morgan fingerprint density at radius 3 is 2.83 bits per heavy atom. The van der Waals surface area contributed by atoms with E-state index in [1.54, 1.807) is 26.2 Å². The van der Waals surface area contributed by atoms with Crippen molar-refractivity contribution >= 4 is 46.8 Å². The third-order valence-corrected chi connectivity index (χ3v) is 4.80. The van der Waals surface area contributed by atoms with E-state index in [2.05, 4.69) is 10.6 Å². The topological polar surface area (TPSA) is 78.5 Å². The van der Waals surface area contributed by atoms with Crippen molar-refractivity contribution in [3.63, 3.8) is 0 Å². The van der Waals surface area contributed by atoms with Gasteiger partial charge in [0.2, 0.25) is 17.7 Å². The van der Waals surface area contributed by atoms with Gasteiger partial charge in [-0.2, -0.15) is 0 Å². The molecule has 2 rings (SSSR count). The normalized spacial score (nSPS) is 16.3. The van der Waals surface area contributed by atoms with Gasteiger partial charge in [0.1, 0.15) is 0 Å². The summed E-state index contributed by atoms with van der Waals surface area (Å²) in [5.74, 6) is -0.521. The zero-order valence-corrected chi connectivity index (χ0v) is 14.5. The first-order valence-corrected chi connectivity index (χ1v) is 8.36. The maximum Gasteiger partial charge on any atom is 0.238 e. The van der Waals surface area contributed by atoms with Crippen molar-refractivity contribution in [2.24, 2.45) is 0 Å². The average molecular weight is 356 g/mol. The molecule has 1 unspecified atom stereocenters. The van der Waals surface area contributed by atoms with Gasteiger partial charge in [0.25, 0.3) is 0 Å². The molecule has 6 nitrogen and oxygen atoms in total. The Kier molecular flexibility index (Phi) is 5.90. The van der Waals surface area contributed by atoms with Gasteiger partial charge in [-0.3, -0.25) is 14.4 Å². The van der Waals surface area contributed by atoms with Crippen LogP contribution in [0.3, 0.4) is 0 Å². The van der Waals surface area contributed by atoms with Crippen LogP contribution in [0.15, 0.2) is 23.1 Å². The summed E-state index contributed by atoms with van der Waals surface area (Å²) in [6.07, 6.45) is 0.304. The Bertz CT molecular complexity index is 636. The summed E-state index contributed by atoms with van der Waals surface area (Å²) >= 11 is 7.23. The first-order valence-electron chi connectivity index (χ1n) is 7.10. The van der Waals surface area contributed by atoms with Crippen LogP contribution in [0.4, 0.5) is 5.69 Å². The summed E-state index contributed by atoms with van der Waals surface area (Å²) in [6, 6.07) is 5.25. The quantitative estimate of drug-likeness (QED) is 0.843. The van der Waals surface area contributed by atoms with Crippen molar-refractivity contribution < 1.29 is 14.4 Å². The summed E-state index contributed by atoms with van der Waals surface area (Å²) in [4.78, 5) is 37.8.